The van der Waals surface area contributed by atoms with Gasteiger partial charge in [0.2, 0.25) is 5.91 Å². The molecule has 9 heteroatoms. The number of benzene rings is 2. The molecule has 3 rings (SSSR count). The number of aryl methyl sites for hydroxylation is 1. The average molecular weight is 451 g/mol. The van der Waals surface area contributed by atoms with Crippen LogP contribution >= 0.6 is 11.6 Å². The van der Waals surface area contributed by atoms with Crippen LogP contribution in [-0.2, 0) is 21.2 Å². The van der Waals surface area contributed by atoms with Crippen molar-refractivity contribution in [3.63, 3.8) is 0 Å². The minimum Gasteiger partial charge on any atom is -0.495 e. The molecule has 30 heavy (non-hydrogen) atoms. The number of nitrogens with zero attached hydrogens (tertiary/aromatic N) is 1. The molecular formula is C21H23ClN2O5S. The van der Waals surface area contributed by atoms with Gasteiger partial charge in [-0.05, 0) is 36.6 Å². The number of ether oxygens (including phenoxy) is 1. The van der Waals surface area contributed by atoms with E-state index in [0.717, 1.165) is 17.4 Å². The number of methoxy groups -OCH3 is 1. The maximum atomic E-state index is 13.2. The summed E-state index contributed by atoms with van der Waals surface area (Å²) in [4.78, 5) is 27.5. The van der Waals surface area contributed by atoms with Crippen LogP contribution in [0, 0.1) is 6.92 Å². The zero-order chi connectivity index (χ0) is 22.1. The third-order valence-electron chi connectivity index (χ3n) is 5.03. The van der Waals surface area contributed by atoms with Crippen molar-refractivity contribution in [3.05, 3.63) is 58.1 Å². The molecule has 2 aromatic carbocycles. The Balaban J connectivity index is 1.91. The maximum Gasteiger partial charge on any atom is 0.255 e. The molecular weight excluding hydrogens is 428 g/mol. The predicted molar refractivity (Wildman–Crippen MR) is 116 cm³/mol. The molecule has 1 N–H and O–H groups in total. The van der Waals surface area contributed by atoms with E-state index in [2.05, 4.69) is 5.32 Å². The van der Waals surface area contributed by atoms with E-state index in [1.165, 1.54) is 12.0 Å². The topological polar surface area (TPSA) is 92.8 Å². The standard InChI is InChI=1S/C21H23ClN2O5S/c1-13-10-17(19(29-2)11-16(13)22)23-20(25)18(8-9-30(3,27)28)24-12-14-6-4-5-7-15(14)21(24)26/h4-7,10-11,18H,8-9,12H2,1-3H3,(H,23,25). The number of halogens is 1. The van der Waals surface area contributed by atoms with Crippen molar-refractivity contribution in [2.24, 2.45) is 0 Å². The van der Waals surface area contributed by atoms with E-state index >= 15 is 0 Å². The fourth-order valence-electron chi connectivity index (χ4n) is 3.43. The molecule has 0 bridgehead atoms. The molecule has 0 saturated heterocycles. The van der Waals surface area contributed by atoms with Crippen molar-refractivity contribution in [3.8, 4) is 5.75 Å². The number of carbonyl (C=O) groups excluding carboxylic acids is 2. The largest absolute Gasteiger partial charge is 0.495 e. The van der Waals surface area contributed by atoms with Crippen LogP contribution < -0.4 is 10.1 Å². The van der Waals surface area contributed by atoms with E-state index in [9.17, 15) is 18.0 Å². The second-order valence-corrected chi connectivity index (χ2v) is 9.98. The summed E-state index contributed by atoms with van der Waals surface area (Å²) in [6.45, 7) is 2.03. The normalized spacial score (nSPS) is 14.4. The van der Waals surface area contributed by atoms with E-state index in [0.29, 0.717) is 22.0 Å². The number of hydrogen-bond donors (Lipinski definition) is 1. The van der Waals surface area contributed by atoms with Gasteiger partial charge in [-0.15, -0.1) is 0 Å². The lowest BCUT2D eigenvalue weighted by Crippen LogP contribution is -2.45. The second-order valence-electron chi connectivity index (χ2n) is 7.32. The number of rotatable bonds is 7. The van der Waals surface area contributed by atoms with E-state index in [-0.39, 0.29) is 24.6 Å². The summed E-state index contributed by atoms with van der Waals surface area (Å²) < 4.78 is 28.8. The Morgan fingerprint density at radius 1 is 1.30 bits per heavy atom. The van der Waals surface area contributed by atoms with Crippen LogP contribution in [0.15, 0.2) is 36.4 Å². The molecule has 0 saturated carbocycles. The van der Waals surface area contributed by atoms with Gasteiger partial charge in [0.15, 0.2) is 0 Å². The van der Waals surface area contributed by atoms with Gasteiger partial charge in [0.05, 0.1) is 18.6 Å². The number of hydrogen-bond acceptors (Lipinski definition) is 5. The molecule has 1 atom stereocenters. The summed E-state index contributed by atoms with van der Waals surface area (Å²) in [5, 5.41) is 3.27. The fourth-order valence-corrected chi connectivity index (χ4v) is 4.23. The third-order valence-corrected chi connectivity index (χ3v) is 6.41. The molecule has 7 nitrogen and oxygen atoms in total. The van der Waals surface area contributed by atoms with Gasteiger partial charge in [0.1, 0.15) is 21.6 Å². The first kappa shape index (κ1) is 22.1. The van der Waals surface area contributed by atoms with Gasteiger partial charge >= 0.3 is 0 Å². The highest BCUT2D eigenvalue weighted by atomic mass is 35.5. The van der Waals surface area contributed by atoms with Crippen LogP contribution in [0.1, 0.15) is 27.9 Å². The highest BCUT2D eigenvalue weighted by Crippen LogP contribution is 2.32. The number of anilines is 1. The molecule has 0 radical (unpaired) electrons. The van der Waals surface area contributed by atoms with Crippen LogP contribution in [0.3, 0.4) is 0 Å². The Hall–Kier alpha value is -2.58. The Morgan fingerprint density at radius 3 is 2.63 bits per heavy atom. The van der Waals surface area contributed by atoms with Crippen LogP contribution in [0.5, 0.6) is 5.75 Å². The minimum absolute atomic E-state index is 0.0146. The van der Waals surface area contributed by atoms with Gasteiger partial charge in [-0.3, -0.25) is 9.59 Å². The minimum atomic E-state index is -3.33. The quantitative estimate of drug-likeness (QED) is 0.699. The number of sulfone groups is 1. The molecule has 0 aliphatic carbocycles. The SMILES string of the molecule is COc1cc(Cl)c(C)cc1NC(=O)C(CCS(C)(=O)=O)N1Cc2ccccc2C1=O. The van der Waals surface area contributed by atoms with Crippen molar-refractivity contribution < 1.29 is 22.7 Å². The van der Waals surface area contributed by atoms with E-state index in [4.69, 9.17) is 16.3 Å². The Bertz CT molecular complexity index is 1100. The molecule has 1 aliphatic heterocycles. The van der Waals surface area contributed by atoms with Crippen LogP contribution in [0.25, 0.3) is 0 Å². The first-order chi connectivity index (χ1) is 14.1. The molecule has 2 amide bonds. The smallest absolute Gasteiger partial charge is 0.255 e. The van der Waals surface area contributed by atoms with Gasteiger partial charge < -0.3 is 15.0 Å². The lowest BCUT2D eigenvalue weighted by molar-refractivity contribution is -0.120. The molecule has 1 aliphatic rings. The average Bonchev–Trinajstić information content (AvgIpc) is 3.00. The van der Waals surface area contributed by atoms with Gasteiger partial charge in [-0.25, -0.2) is 8.42 Å². The van der Waals surface area contributed by atoms with Crippen LogP contribution in [0.2, 0.25) is 5.02 Å². The first-order valence-electron chi connectivity index (χ1n) is 9.32. The predicted octanol–water partition coefficient (Wildman–Crippen LogP) is 3.05. The summed E-state index contributed by atoms with van der Waals surface area (Å²) in [5.74, 6) is -0.627. The van der Waals surface area contributed by atoms with Gasteiger partial charge in [0.25, 0.3) is 5.91 Å². The highest BCUT2D eigenvalue weighted by molar-refractivity contribution is 7.90. The Labute approximate surface area is 180 Å². The lowest BCUT2D eigenvalue weighted by atomic mass is 10.1. The zero-order valence-corrected chi connectivity index (χ0v) is 18.5. The molecule has 160 valence electrons. The first-order valence-corrected chi connectivity index (χ1v) is 11.8. The second kappa shape index (κ2) is 8.65. The maximum absolute atomic E-state index is 13.2. The van der Waals surface area contributed by atoms with E-state index in [1.54, 1.807) is 31.2 Å². The summed E-state index contributed by atoms with van der Waals surface area (Å²) >= 11 is 6.13. The summed E-state index contributed by atoms with van der Waals surface area (Å²) in [5.41, 5.74) is 2.47. The van der Waals surface area contributed by atoms with Crippen molar-refractivity contribution in [2.75, 3.05) is 24.4 Å². The molecule has 1 heterocycles. The van der Waals surface area contributed by atoms with Crippen molar-refractivity contribution in [1.29, 1.82) is 0 Å². The van der Waals surface area contributed by atoms with Crippen molar-refractivity contribution in [2.45, 2.75) is 25.9 Å². The van der Waals surface area contributed by atoms with Crippen molar-refractivity contribution >= 4 is 38.9 Å². The molecule has 0 spiro atoms. The zero-order valence-electron chi connectivity index (χ0n) is 16.9. The van der Waals surface area contributed by atoms with E-state index < -0.39 is 21.8 Å². The fraction of sp³-hybridized carbons (Fsp3) is 0.333. The number of nitrogens with one attached hydrogen (secondary N) is 1. The van der Waals surface area contributed by atoms with Gasteiger partial charge in [-0.2, -0.15) is 0 Å². The van der Waals surface area contributed by atoms with Gasteiger partial charge in [-0.1, -0.05) is 29.8 Å². The van der Waals surface area contributed by atoms with Crippen LogP contribution in [-0.4, -0.2) is 50.3 Å². The summed E-state index contributed by atoms with van der Waals surface area (Å²) in [6.07, 6.45) is 1.09. The molecule has 1 unspecified atom stereocenters. The van der Waals surface area contributed by atoms with E-state index in [1.807, 2.05) is 12.1 Å². The number of amides is 2. The van der Waals surface area contributed by atoms with Crippen LogP contribution in [0.4, 0.5) is 5.69 Å². The summed E-state index contributed by atoms with van der Waals surface area (Å²) in [6, 6.07) is 9.41. The molecule has 0 fully saturated rings. The number of fused-ring (bicyclic) bond motifs is 1. The summed E-state index contributed by atoms with van der Waals surface area (Å²) in [7, 11) is -1.87. The third kappa shape index (κ3) is 4.76. The van der Waals surface area contributed by atoms with Gasteiger partial charge in [0, 0.05) is 29.5 Å². The van der Waals surface area contributed by atoms with Crippen molar-refractivity contribution in [1.82, 2.24) is 4.90 Å². The Kier molecular flexibility index (Phi) is 6.38. The highest BCUT2D eigenvalue weighted by Gasteiger charge is 2.36. The molecule has 0 aromatic heterocycles. The number of carbonyl (C=O) groups is 2. The lowest BCUT2D eigenvalue weighted by Gasteiger charge is -2.27. The Morgan fingerprint density at radius 2 is 2.00 bits per heavy atom. The molecule has 2 aromatic rings. The monoisotopic (exact) mass is 450 g/mol.